The Morgan fingerprint density at radius 1 is 1.50 bits per heavy atom. The number of amides is 1. The van der Waals surface area contributed by atoms with Gasteiger partial charge in [-0.15, -0.1) is 0 Å². The zero-order valence-electron chi connectivity index (χ0n) is 10.4. The molecule has 3 N–H and O–H groups in total. The van der Waals surface area contributed by atoms with Gasteiger partial charge >= 0.3 is 6.18 Å². The van der Waals surface area contributed by atoms with Gasteiger partial charge in [0, 0.05) is 12.7 Å². The number of aliphatic hydroxyl groups is 1. The standard InChI is InChI=1S/C11H13F3N4O2/c12-11(13,14)7-2-4-16-9(17-7)18-5-1-3-10(20,6-18)8(15)19/h2,4,20H,1,3,5-6H2,(H2,15,19)/t10-/m0/s1. The Kier molecular flexibility index (Phi) is 3.55. The van der Waals surface area contributed by atoms with Crippen LogP contribution in [0.3, 0.4) is 0 Å². The second kappa shape index (κ2) is 4.89. The first-order chi connectivity index (χ1) is 9.22. The SMILES string of the molecule is NC(=O)[C@]1(O)CCCN(c2nccc(C(F)(F)F)n2)C1. The molecule has 2 heterocycles. The summed E-state index contributed by atoms with van der Waals surface area (Å²) in [6.07, 6.45) is -3.02. The fourth-order valence-corrected chi connectivity index (χ4v) is 2.07. The van der Waals surface area contributed by atoms with E-state index in [1.54, 1.807) is 0 Å². The van der Waals surface area contributed by atoms with Crippen LogP contribution >= 0.6 is 0 Å². The van der Waals surface area contributed by atoms with Crippen LogP contribution in [0.15, 0.2) is 12.3 Å². The van der Waals surface area contributed by atoms with E-state index in [1.165, 1.54) is 4.90 Å². The highest BCUT2D eigenvalue weighted by atomic mass is 19.4. The monoisotopic (exact) mass is 290 g/mol. The number of carbonyl (C=O) groups excluding carboxylic acids is 1. The molecular formula is C11H13F3N4O2. The van der Waals surface area contributed by atoms with Crippen molar-refractivity contribution in [1.82, 2.24) is 9.97 Å². The van der Waals surface area contributed by atoms with Crippen LogP contribution in [-0.4, -0.2) is 39.7 Å². The fourth-order valence-electron chi connectivity index (χ4n) is 2.07. The molecule has 1 fully saturated rings. The van der Waals surface area contributed by atoms with Gasteiger partial charge in [0.2, 0.25) is 5.95 Å². The Labute approximate surface area is 112 Å². The molecule has 6 nitrogen and oxygen atoms in total. The Morgan fingerprint density at radius 2 is 2.20 bits per heavy atom. The maximum Gasteiger partial charge on any atom is 0.433 e. The normalized spacial score (nSPS) is 23.7. The van der Waals surface area contributed by atoms with Crippen molar-refractivity contribution < 1.29 is 23.1 Å². The lowest BCUT2D eigenvalue weighted by Gasteiger charge is -2.37. The summed E-state index contributed by atoms with van der Waals surface area (Å²) in [6.45, 7) is 0.126. The van der Waals surface area contributed by atoms with Crippen molar-refractivity contribution in [2.24, 2.45) is 5.73 Å². The number of rotatable bonds is 2. The maximum absolute atomic E-state index is 12.6. The lowest BCUT2D eigenvalue weighted by atomic mass is 9.92. The molecule has 1 saturated heterocycles. The number of nitrogens with two attached hydrogens (primary N) is 1. The first kappa shape index (κ1) is 14.5. The van der Waals surface area contributed by atoms with Crippen molar-refractivity contribution in [2.45, 2.75) is 24.6 Å². The molecule has 1 aromatic rings. The lowest BCUT2D eigenvalue weighted by molar-refractivity contribution is -0.141. The molecule has 1 aliphatic rings. The third-order valence-electron chi connectivity index (χ3n) is 3.15. The summed E-state index contributed by atoms with van der Waals surface area (Å²) in [5.41, 5.74) is 2.26. The number of aromatic nitrogens is 2. The predicted molar refractivity (Wildman–Crippen MR) is 62.6 cm³/mol. The van der Waals surface area contributed by atoms with Crippen molar-refractivity contribution >= 4 is 11.9 Å². The fraction of sp³-hybridized carbons (Fsp3) is 0.545. The molecule has 0 aromatic carbocycles. The van der Waals surface area contributed by atoms with Gasteiger partial charge in [-0.3, -0.25) is 4.79 Å². The number of halogens is 3. The number of nitrogens with zero attached hydrogens (tertiary/aromatic N) is 3. The summed E-state index contributed by atoms with van der Waals surface area (Å²) in [7, 11) is 0. The summed E-state index contributed by atoms with van der Waals surface area (Å²) in [5, 5.41) is 10.0. The molecule has 0 aliphatic carbocycles. The van der Waals surface area contributed by atoms with Gasteiger partial charge in [0.25, 0.3) is 5.91 Å². The van der Waals surface area contributed by atoms with Crippen LogP contribution in [-0.2, 0) is 11.0 Å². The zero-order valence-corrected chi connectivity index (χ0v) is 10.4. The number of alkyl halides is 3. The molecule has 0 radical (unpaired) electrons. The minimum atomic E-state index is -4.58. The van der Waals surface area contributed by atoms with Crippen molar-refractivity contribution in [2.75, 3.05) is 18.0 Å². The van der Waals surface area contributed by atoms with E-state index in [1.807, 2.05) is 0 Å². The van der Waals surface area contributed by atoms with Gasteiger partial charge < -0.3 is 15.7 Å². The predicted octanol–water partition coefficient (Wildman–Crippen LogP) is 0.312. The van der Waals surface area contributed by atoms with E-state index in [0.717, 1.165) is 12.3 Å². The molecule has 110 valence electrons. The molecule has 0 bridgehead atoms. The van der Waals surface area contributed by atoms with Gasteiger partial charge in [0.15, 0.2) is 5.60 Å². The third-order valence-corrected chi connectivity index (χ3v) is 3.15. The highest BCUT2D eigenvalue weighted by molar-refractivity contribution is 5.84. The Hall–Kier alpha value is -1.90. The molecule has 0 unspecified atom stereocenters. The topological polar surface area (TPSA) is 92.3 Å². The smallest absolute Gasteiger partial charge is 0.378 e. The van der Waals surface area contributed by atoms with Crippen molar-refractivity contribution in [3.8, 4) is 0 Å². The lowest BCUT2D eigenvalue weighted by Crippen LogP contribution is -2.56. The summed E-state index contributed by atoms with van der Waals surface area (Å²) < 4.78 is 37.7. The molecule has 2 rings (SSSR count). The molecule has 1 aliphatic heterocycles. The number of β-amino-alcohol motifs (C(OH)–C–C–N with tert-alkyl or cyclic N) is 1. The van der Waals surface area contributed by atoms with Crippen LogP contribution in [0, 0.1) is 0 Å². The van der Waals surface area contributed by atoms with Gasteiger partial charge in [-0.05, 0) is 18.9 Å². The minimum absolute atomic E-state index is 0.164. The molecule has 1 amide bonds. The van der Waals surface area contributed by atoms with E-state index in [0.29, 0.717) is 13.0 Å². The number of anilines is 1. The highest BCUT2D eigenvalue weighted by Gasteiger charge is 2.40. The quantitative estimate of drug-likeness (QED) is 0.818. The molecule has 20 heavy (non-hydrogen) atoms. The van der Waals surface area contributed by atoms with E-state index in [9.17, 15) is 23.1 Å². The molecule has 1 aromatic heterocycles. The van der Waals surface area contributed by atoms with E-state index in [2.05, 4.69) is 9.97 Å². The molecule has 9 heteroatoms. The van der Waals surface area contributed by atoms with Gasteiger partial charge in [-0.2, -0.15) is 13.2 Å². The molecular weight excluding hydrogens is 277 g/mol. The first-order valence-electron chi connectivity index (χ1n) is 5.90. The van der Waals surface area contributed by atoms with Crippen LogP contribution < -0.4 is 10.6 Å². The average molecular weight is 290 g/mol. The first-order valence-corrected chi connectivity index (χ1v) is 5.90. The van der Waals surface area contributed by atoms with Crippen LogP contribution in [0.25, 0.3) is 0 Å². The van der Waals surface area contributed by atoms with Crippen molar-refractivity contribution in [1.29, 1.82) is 0 Å². The molecule has 0 spiro atoms. The Balaban J connectivity index is 2.26. The van der Waals surface area contributed by atoms with Gasteiger partial charge in [-0.25, -0.2) is 9.97 Å². The Bertz CT molecular complexity index is 523. The van der Waals surface area contributed by atoms with E-state index in [4.69, 9.17) is 5.73 Å². The number of hydrogen-bond donors (Lipinski definition) is 2. The van der Waals surface area contributed by atoms with Crippen LogP contribution in [0.5, 0.6) is 0 Å². The number of piperidine rings is 1. The minimum Gasteiger partial charge on any atom is -0.378 e. The molecule has 0 saturated carbocycles. The third kappa shape index (κ3) is 2.82. The summed E-state index contributed by atoms with van der Waals surface area (Å²) in [6, 6.07) is 0.758. The largest absolute Gasteiger partial charge is 0.433 e. The van der Waals surface area contributed by atoms with Gasteiger partial charge in [-0.1, -0.05) is 0 Å². The molecule has 1 atom stereocenters. The number of hydrogen-bond acceptors (Lipinski definition) is 5. The average Bonchev–Trinajstić information content (AvgIpc) is 2.38. The van der Waals surface area contributed by atoms with Crippen molar-refractivity contribution in [3.05, 3.63) is 18.0 Å². The van der Waals surface area contributed by atoms with E-state index < -0.39 is 23.4 Å². The number of carbonyl (C=O) groups is 1. The van der Waals surface area contributed by atoms with Crippen molar-refractivity contribution in [3.63, 3.8) is 0 Å². The van der Waals surface area contributed by atoms with E-state index >= 15 is 0 Å². The number of primary amides is 1. The van der Waals surface area contributed by atoms with E-state index in [-0.39, 0.29) is 18.9 Å². The second-order valence-electron chi connectivity index (χ2n) is 4.66. The summed E-state index contributed by atoms with van der Waals surface area (Å²) in [5.74, 6) is -1.09. The van der Waals surface area contributed by atoms with Crippen LogP contribution in [0.1, 0.15) is 18.5 Å². The zero-order chi connectivity index (χ0) is 15.0. The summed E-state index contributed by atoms with van der Waals surface area (Å²) in [4.78, 5) is 19.7. The Morgan fingerprint density at radius 3 is 2.80 bits per heavy atom. The van der Waals surface area contributed by atoms with Crippen LogP contribution in [0.4, 0.5) is 19.1 Å². The summed E-state index contributed by atoms with van der Waals surface area (Å²) >= 11 is 0. The van der Waals surface area contributed by atoms with Gasteiger partial charge in [0.1, 0.15) is 5.69 Å². The highest BCUT2D eigenvalue weighted by Crippen LogP contribution is 2.29. The van der Waals surface area contributed by atoms with Crippen LogP contribution in [0.2, 0.25) is 0 Å². The van der Waals surface area contributed by atoms with Gasteiger partial charge in [0.05, 0.1) is 6.54 Å². The second-order valence-corrected chi connectivity index (χ2v) is 4.66. The maximum atomic E-state index is 12.6.